The summed E-state index contributed by atoms with van der Waals surface area (Å²) in [4.78, 5) is 0. The third-order valence-corrected chi connectivity index (χ3v) is 2.48. The Morgan fingerprint density at radius 3 is 2.33 bits per heavy atom. The van der Waals surface area contributed by atoms with Crippen LogP contribution in [0.5, 0.6) is 0 Å². The van der Waals surface area contributed by atoms with Gasteiger partial charge in [0.1, 0.15) is 5.82 Å². The van der Waals surface area contributed by atoms with Gasteiger partial charge in [0.05, 0.1) is 11.7 Å². The predicted octanol–water partition coefficient (Wildman–Crippen LogP) is 2.69. The number of alkyl halides is 3. The molecule has 1 aromatic rings. The Labute approximate surface area is 83.3 Å². The molecule has 0 aliphatic heterocycles. The third-order valence-electron chi connectivity index (χ3n) is 2.48. The molecule has 0 unspecified atom stereocenters. The van der Waals surface area contributed by atoms with Crippen LogP contribution < -0.4 is 0 Å². The van der Waals surface area contributed by atoms with E-state index < -0.39 is 29.6 Å². The van der Waals surface area contributed by atoms with E-state index in [-0.39, 0.29) is 5.56 Å². The van der Waals surface area contributed by atoms with Crippen LogP contribution in [0.25, 0.3) is 0 Å². The van der Waals surface area contributed by atoms with Crippen molar-refractivity contribution in [2.45, 2.75) is 24.6 Å². The molecule has 1 N–H and O–H groups in total. The molecule has 0 spiro atoms. The lowest BCUT2D eigenvalue weighted by Crippen LogP contribution is -2.06. The lowest BCUT2D eigenvalue weighted by molar-refractivity contribution is -0.137. The Kier molecular flexibility index (Phi) is 2.22. The fourth-order valence-electron chi connectivity index (χ4n) is 1.52. The van der Waals surface area contributed by atoms with Crippen molar-refractivity contribution in [2.75, 3.05) is 0 Å². The second kappa shape index (κ2) is 3.20. The van der Waals surface area contributed by atoms with Crippen molar-refractivity contribution in [2.24, 2.45) is 0 Å². The molecule has 2 rings (SSSR count). The maximum Gasteiger partial charge on any atom is 0.416 e. The Hall–Kier alpha value is -1.10. The topological polar surface area (TPSA) is 20.2 Å². The van der Waals surface area contributed by atoms with Gasteiger partial charge in [-0.1, -0.05) is 0 Å². The van der Waals surface area contributed by atoms with Crippen LogP contribution >= 0.6 is 0 Å². The first kappa shape index (κ1) is 10.4. The van der Waals surface area contributed by atoms with Gasteiger partial charge >= 0.3 is 6.18 Å². The summed E-state index contributed by atoms with van der Waals surface area (Å²) in [7, 11) is 0. The van der Waals surface area contributed by atoms with E-state index in [0.29, 0.717) is 12.5 Å². The van der Waals surface area contributed by atoms with Gasteiger partial charge in [0.15, 0.2) is 0 Å². The summed E-state index contributed by atoms with van der Waals surface area (Å²) in [5.41, 5.74) is -0.921. The smallest absolute Gasteiger partial charge is 0.392 e. The van der Waals surface area contributed by atoms with E-state index in [0.717, 1.165) is 12.1 Å². The van der Waals surface area contributed by atoms with Crippen LogP contribution in [0.2, 0.25) is 0 Å². The maximum absolute atomic E-state index is 13.1. The molecule has 0 aromatic heterocycles. The van der Waals surface area contributed by atoms with Crippen LogP contribution in [-0.2, 0) is 6.18 Å². The number of benzene rings is 1. The highest BCUT2D eigenvalue weighted by atomic mass is 19.4. The summed E-state index contributed by atoms with van der Waals surface area (Å²) in [5.74, 6) is -1.17. The molecule has 0 bridgehead atoms. The van der Waals surface area contributed by atoms with Gasteiger partial charge in [0.25, 0.3) is 0 Å². The van der Waals surface area contributed by atoms with E-state index in [4.69, 9.17) is 5.11 Å². The number of hydrogen-bond acceptors (Lipinski definition) is 1. The first-order chi connectivity index (χ1) is 6.89. The molecule has 1 aliphatic carbocycles. The van der Waals surface area contributed by atoms with Crippen LogP contribution in [0.3, 0.4) is 0 Å². The molecule has 0 radical (unpaired) electrons. The van der Waals surface area contributed by atoms with E-state index in [2.05, 4.69) is 0 Å². The van der Waals surface area contributed by atoms with Gasteiger partial charge in [-0.05, 0) is 30.2 Å². The second-order valence-corrected chi connectivity index (χ2v) is 3.64. The van der Waals surface area contributed by atoms with Gasteiger partial charge < -0.3 is 5.11 Å². The van der Waals surface area contributed by atoms with Crippen molar-refractivity contribution in [3.8, 4) is 0 Å². The second-order valence-electron chi connectivity index (χ2n) is 3.64. The molecule has 15 heavy (non-hydrogen) atoms. The number of rotatable bonds is 1. The Morgan fingerprint density at radius 2 is 1.87 bits per heavy atom. The van der Waals surface area contributed by atoms with Crippen molar-refractivity contribution in [3.63, 3.8) is 0 Å². The van der Waals surface area contributed by atoms with E-state index in [1.54, 1.807) is 0 Å². The summed E-state index contributed by atoms with van der Waals surface area (Å²) in [6.45, 7) is 0. The lowest BCUT2D eigenvalue weighted by Gasteiger charge is -2.09. The molecule has 1 fully saturated rings. The van der Waals surface area contributed by atoms with Crippen molar-refractivity contribution in [3.05, 3.63) is 35.1 Å². The van der Waals surface area contributed by atoms with Gasteiger partial charge in [-0.2, -0.15) is 13.2 Å². The summed E-state index contributed by atoms with van der Waals surface area (Å²) in [6, 6.07) is 2.27. The van der Waals surface area contributed by atoms with Crippen LogP contribution in [0.1, 0.15) is 23.5 Å². The first-order valence-corrected chi connectivity index (χ1v) is 4.44. The molecular formula is C10H8F4O. The van der Waals surface area contributed by atoms with Crippen LogP contribution in [0.4, 0.5) is 17.6 Å². The molecule has 82 valence electrons. The molecule has 0 heterocycles. The number of hydrogen-bond donors (Lipinski definition) is 1. The van der Waals surface area contributed by atoms with Gasteiger partial charge in [0, 0.05) is 5.92 Å². The molecule has 0 saturated heterocycles. The lowest BCUT2D eigenvalue weighted by atomic mass is 10.1. The Morgan fingerprint density at radius 1 is 1.27 bits per heavy atom. The Bertz CT molecular complexity index is 385. The van der Waals surface area contributed by atoms with Crippen LogP contribution in [-0.4, -0.2) is 11.2 Å². The SMILES string of the molecule is O[C@@H]1C[C@@H]1c1cc(C(F)(F)F)ccc1F. The number of aliphatic hydroxyl groups is 1. The van der Waals surface area contributed by atoms with Crippen LogP contribution in [0.15, 0.2) is 18.2 Å². The minimum Gasteiger partial charge on any atom is -0.392 e. The van der Waals surface area contributed by atoms with Crippen LogP contribution in [0, 0.1) is 5.82 Å². The quantitative estimate of drug-likeness (QED) is 0.721. The van der Waals surface area contributed by atoms with Crippen molar-refractivity contribution < 1.29 is 22.7 Å². The van der Waals surface area contributed by atoms with Crippen molar-refractivity contribution in [1.82, 2.24) is 0 Å². The van der Waals surface area contributed by atoms with E-state index >= 15 is 0 Å². The molecule has 1 aliphatic rings. The normalized spacial score (nSPS) is 25.4. The minimum absolute atomic E-state index is 0.0441. The first-order valence-electron chi connectivity index (χ1n) is 4.44. The highest BCUT2D eigenvalue weighted by Crippen LogP contribution is 2.43. The van der Waals surface area contributed by atoms with Gasteiger partial charge in [-0.15, -0.1) is 0 Å². The average molecular weight is 220 g/mol. The van der Waals surface area contributed by atoms with E-state index in [1.807, 2.05) is 0 Å². The fourth-order valence-corrected chi connectivity index (χ4v) is 1.52. The summed E-state index contributed by atoms with van der Waals surface area (Å²) in [5, 5.41) is 9.05. The number of halogens is 4. The summed E-state index contributed by atoms with van der Waals surface area (Å²) < 4.78 is 50.0. The minimum atomic E-state index is -4.47. The van der Waals surface area contributed by atoms with E-state index in [9.17, 15) is 17.6 Å². The highest BCUT2D eigenvalue weighted by molar-refractivity contribution is 5.33. The largest absolute Gasteiger partial charge is 0.416 e. The third kappa shape index (κ3) is 1.97. The number of aliphatic hydroxyl groups excluding tert-OH is 1. The molecule has 1 nitrogen and oxygen atoms in total. The van der Waals surface area contributed by atoms with Gasteiger partial charge in [-0.25, -0.2) is 4.39 Å². The van der Waals surface area contributed by atoms with Gasteiger partial charge in [0.2, 0.25) is 0 Å². The average Bonchev–Trinajstić information content (AvgIpc) is 2.81. The van der Waals surface area contributed by atoms with E-state index in [1.165, 1.54) is 0 Å². The molecule has 5 heteroatoms. The standard InChI is InChI=1S/C10H8F4O/c11-8-2-1-5(10(12,13)14)3-6(8)7-4-9(7)15/h1-3,7,9,15H,4H2/t7-,9-/m1/s1. The molecule has 2 atom stereocenters. The molecule has 1 saturated carbocycles. The zero-order valence-corrected chi connectivity index (χ0v) is 7.55. The summed E-state index contributed by atoms with van der Waals surface area (Å²) in [6.07, 6.45) is -4.84. The molecular weight excluding hydrogens is 212 g/mol. The molecule has 0 amide bonds. The van der Waals surface area contributed by atoms with Crippen molar-refractivity contribution >= 4 is 0 Å². The zero-order valence-electron chi connectivity index (χ0n) is 7.55. The zero-order chi connectivity index (χ0) is 11.2. The predicted molar refractivity (Wildman–Crippen MR) is 44.8 cm³/mol. The Balaban J connectivity index is 2.38. The molecule has 1 aromatic carbocycles. The maximum atomic E-state index is 13.1. The van der Waals surface area contributed by atoms with Crippen molar-refractivity contribution in [1.29, 1.82) is 0 Å². The summed E-state index contributed by atoms with van der Waals surface area (Å²) >= 11 is 0. The monoisotopic (exact) mass is 220 g/mol. The fraction of sp³-hybridized carbons (Fsp3) is 0.400. The van der Waals surface area contributed by atoms with Gasteiger partial charge in [-0.3, -0.25) is 0 Å². The highest BCUT2D eigenvalue weighted by Gasteiger charge is 2.40.